The molecule has 0 bridgehead atoms. The fourth-order valence-electron chi connectivity index (χ4n) is 3.52. The number of rotatable bonds is 1. The molecule has 0 radical (unpaired) electrons. The number of fused-ring (bicyclic) bond motifs is 2. The van der Waals surface area contributed by atoms with Crippen LogP contribution in [0.25, 0.3) is 10.8 Å². The lowest BCUT2D eigenvalue weighted by Gasteiger charge is -2.39. The van der Waals surface area contributed by atoms with Gasteiger partial charge >= 0.3 is 18.6 Å². The molecule has 1 N–H and O–H groups in total. The summed E-state index contributed by atoms with van der Waals surface area (Å²) in [7, 11) is 1.70. The number of nitrogens with one attached hydrogen (secondary N) is 1. The van der Waals surface area contributed by atoms with Gasteiger partial charge in [0.25, 0.3) is 5.56 Å². The fraction of sp³-hybridized carbons (Fsp3) is 0.214. The van der Waals surface area contributed by atoms with E-state index in [4.69, 9.17) is 20.9 Å². The molecule has 9 heteroatoms. The number of hydrogen-bond donors (Lipinski definition) is 1. The maximum atomic E-state index is 12.3. The Morgan fingerprint density at radius 3 is 2.43 bits per heavy atom. The number of hydrogen-bond acceptors (Lipinski definition) is 5. The van der Waals surface area contributed by atoms with Crippen molar-refractivity contribution >= 4 is 46.6 Å². The van der Waals surface area contributed by atoms with Gasteiger partial charge in [0.1, 0.15) is 13.1 Å². The van der Waals surface area contributed by atoms with Crippen molar-refractivity contribution in [2.45, 2.75) is 0 Å². The molecule has 0 spiro atoms. The van der Waals surface area contributed by atoms with E-state index in [1.54, 1.807) is 31.3 Å². The predicted molar refractivity (Wildman–Crippen MR) is 83.1 cm³/mol. The minimum Gasteiger partial charge on any atom is -0.595 e. The van der Waals surface area contributed by atoms with Crippen LogP contribution < -0.4 is 11.2 Å². The highest BCUT2D eigenvalue weighted by atomic mass is 35.5. The number of aromatic nitrogens is 1. The number of carbonyl (C=O) groups is 2. The van der Waals surface area contributed by atoms with Gasteiger partial charge in [-0.2, -0.15) is 0 Å². The van der Waals surface area contributed by atoms with E-state index in [1.807, 2.05) is 0 Å². The van der Waals surface area contributed by atoms with Crippen molar-refractivity contribution in [2.75, 3.05) is 20.1 Å². The Labute approximate surface area is 135 Å². The van der Waals surface area contributed by atoms with Gasteiger partial charge in [0.2, 0.25) is 0 Å². The van der Waals surface area contributed by atoms with E-state index in [1.165, 1.54) is 0 Å². The Morgan fingerprint density at radius 1 is 1.13 bits per heavy atom. The molecule has 0 unspecified atom stereocenters. The summed E-state index contributed by atoms with van der Waals surface area (Å²) in [6.07, 6.45) is 0. The first-order valence-electron chi connectivity index (χ1n) is 7.08. The molecule has 4 rings (SSSR count). The van der Waals surface area contributed by atoms with Crippen molar-refractivity contribution in [3.63, 3.8) is 0 Å². The first kappa shape index (κ1) is 14.3. The maximum Gasteiger partial charge on any atom is 0.630 e. The Balaban J connectivity index is 1.99. The maximum absolute atomic E-state index is 12.3. The lowest BCUT2D eigenvalue weighted by molar-refractivity contribution is -0.791. The van der Waals surface area contributed by atoms with Crippen molar-refractivity contribution in [3.05, 3.63) is 39.6 Å². The summed E-state index contributed by atoms with van der Waals surface area (Å²) in [5.74, 6) is -0.931. The molecule has 23 heavy (non-hydrogen) atoms. The van der Waals surface area contributed by atoms with Crippen LogP contribution in [0.3, 0.4) is 0 Å². The second-order valence-electron chi connectivity index (χ2n) is 6.23. The molecule has 2 aromatic rings. The van der Waals surface area contributed by atoms with E-state index >= 15 is 0 Å². The van der Waals surface area contributed by atoms with Gasteiger partial charge < -0.3 is 18.7 Å². The van der Waals surface area contributed by atoms with Crippen LogP contribution in [-0.4, -0.2) is 48.1 Å². The molecule has 2 aliphatic rings. The number of likely N-dealkylation sites (N-methyl/N-ethyl adjacent to an activating group) is 1. The number of quaternary nitrogens is 1. The first-order valence-corrected chi connectivity index (χ1v) is 7.46. The normalized spacial score (nSPS) is 29.5. The Hall–Kier alpha value is -2.32. The molecule has 118 valence electrons. The van der Waals surface area contributed by atoms with Crippen LogP contribution in [0, 0.1) is 0 Å². The van der Waals surface area contributed by atoms with Gasteiger partial charge in [-0.25, -0.2) is 0 Å². The second kappa shape index (κ2) is 4.36. The van der Waals surface area contributed by atoms with E-state index in [-0.39, 0.29) is 28.6 Å². The molecule has 0 amide bonds. The summed E-state index contributed by atoms with van der Waals surface area (Å²) in [5.41, 5.74) is -0.0770. The van der Waals surface area contributed by atoms with Gasteiger partial charge in [-0.3, -0.25) is 14.4 Å². The van der Waals surface area contributed by atoms with Crippen LogP contribution in [0.5, 0.6) is 0 Å². The number of pyridine rings is 1. The molecule has 0 atom stereocenters. The van der Waals surface area contributed by atoms with Gasteiger partial charge in [0, 0.05) is 23.0 Å². The van der Waals surface area contributed by atoms with Crippen molar-refractivity contribution in [2.24, 2.45) is 0 Å². The number of aromatic amines is 1. The van der Waals surface area contributed by atoms with Gasteiger partial charge in [-0.05, 0) is 23.6 Å². The number of nitrogens with zero attached hydrogens (tertiary/aromatic N) is 1. The van der Waals surface area contributed by atoms with E-state index < -0.39 is 18.6 Å². The third kappa shape index (κ3) is 1.85. The Kier molecular flexibility index (Phi) is 2.71. The highest BCUT2D eigenvalue weighted by molar-refractivity contribution is 6.78. The monoisotopic (exact) mass is 334 g/mol. The minimum absolute atomic E-state index is 0.0152. The van der Waals surface area contributed by atoms with E-state index in [0.717, 1.165) is 0 Å². The lowest BCUT2D eigenvalue weighted by Crippen LogP contribution is -2.68. The van der Waals surface area contributed by atoms with Crippen LogP contribution in [0.15, 0.2) is 29.1 Å². The molecule has 7 nitrogen and oxygen atoms in total. The number of H-pyrrole nitrogens is 1. The van der Waals surface area contributed by atoms with Gasteiger partial charge in [-0.15, -0.1) is 0 Å². The smallest absolute Gasteiger partial charge is 0.595 e. The molecule has 0 saturated carbocycles. The Bertz CT molecular complexity index is 920. The molecule has 0 aliphatic carbocycles. The first-order chi connectivity index (χ1) is 10.8. The standard InChI is InChI=1S/C14H12BClN2O5/c1-18-6-12(19)22-15(18,23-13(20)7-18)11-5-8-4-9(16)2-3-10(8)14(21)17-11/h2-5H,6-7H2,1H3,(H,17,21). The summed E-state index contributed by atoms with van der Waals surface area (Å²) in [6.45, 7) is -2.43. The van der Waals surface area contributed by atoms with Crippen LogP contribution in [0.1, 0.15) is 0 Å². The number of carbonyl (C=O) groups excluding carboxylic acids is 2. The fourth-order valence-corrected chi connectivity index (χ4v) is 3.70. The minimum atomic E-state index is -2.46. The summed E-state index contributed by atoms with van der Waals surface area (Å²) >= 11 is 5.98. The van der Waals surface area contributed by atoms with Gasteiger partial charge in [0.15, 0.2) is 0 Å². The van der Waals surface area contributed by atoms with Crippen LogP contribution >= 0.6 is 11.6 Å². The van der Waals surface area contributed by atoms with E-state index in [9.17, 15) is 14.4 Å². The molecular formula is C14H12BClN2O5. The van der Waals surface area contributed by atoms with Crippen molar-refractivity contribution in [1.82, 2.24) is 4.98 Å². The molecule has 2 fully saturated rings. The number of benzene rings is 1. The predicted octanol–water partition coefficient (Wildman–Crippen LogP) is -0.112. The summed E-state index contributed by atoms with van der Waals surface area (Å²) in [5, 5.41) is 1.52. The lowest BCUT2D eigenvalue weighted by atomic mass is 9.64. The highest BCUT2D eigenvalue weighted by Gasteiger charge is 2.67. The van der Waals surface area contributed by atoms with Gasteiger partial charge in [0.05, 0.1) is 0 Å². The van der Waals surface area contributed by atoms with Crippen LogP contribution in [-0.2, 0) is 18.9 Å². The molecule has 1 aromatic carbocycles. The zero-order chi connectivity index (χ0) is 16.4. The quantitative estimate of drug-likeness (QED) is 0.735. The Morgan fingerprint density at radius 2 is 1.78 bits per heavy atom. The highest BCUT2D eigenvalue weighted by Crippen LogP contribution is 2.33. The molecular weight excluding hydrogens is 322 g/mol. The number of halogens is 1. The third-order valence-corrected chi connectivity index (χ3v) is 4.84. The average molecular weight is 335 g/mol. The van der Waals surface area contributed by atoms with E-state index in [2.05, 4.69) is 4.98 Å². The summed E-state index contributed by atoms with van der Waals surface area (Å²) < 4.78 is 10.8. The van der Waals surface area contributed by atoms with Crippen LogP contribution in [0.4, 0.5) is 0 Å². The topological polar surface area (TPSA) is 85.5 Å². The van der Waals surface area contributed by atoms with Gasteiger partial charge in [-0.1, -0.05) is 17.7 Å². The third-order valence-electron chi connectivity index (χ3n) is 4.60. The molecule has 3 heterocycles. The summed E-state index contributed by atoms with van der Waals surface area (Å²) in [4.78, 5) is 38.7. The molecule has 2 saturated heterocycles. The van der Waals surface area contributed by atoms with Crippen LogP contribution in [0.2, 0.25) is 5.02 Å². The summed E-state index contributed by atoms with van der Waals surface area (Å²) in [6, 6.07) is 6.52. The zero-order valence-corrected chi connectivity index (χ0v) is 12.9. The zero-order valence-electron chi connectivity index (χ0n) is 12.2. The van der Waals surface area contributed by atoms with Crippen molar-refractivity contribution in [3.8, 4) is 0 Å². The average Bonchev–Trinajstić information content (AvgIpc) is 2.82. The van der Waals surface area contributed by atoms with E-state index in [0.29, 0.717) is 15.8 Å². The van der Waals surface area contributed by atoms with Crippen molar-refractivity contribution < 1.29 is 23.3 Å². The molecule has 1 aromatic heterocycles. The second-order valence-corrected chi connectivity index (χ2v) is 6.67. The molecule has 2 aliphatic heterocycles. The SMILES string of the molecule is C[N+]12CC(=O)O[B-]1(c1cc3cc(Cl)ccc3c(=O)[nH]1)OC(=O)C2. The largest absolute Gasteiger partial charge is 0.630 e. The van der Waals surface area contributed by atoms with Crippen molar-refractivity contribution in [1.29, 1.82) is 0 Å².